The summed E-state index contributed by atoms with van der Waals surface area (Å²) < 4.78 is 11.1. The van der Waals surface area contributed by atoms with E-state index in [1.54, 1.807) is 0 Å². The van der Waals surface area contributed by atoms with Crippen LogP contribution in [0.2, 0.25) is 0 Å². The van der Waals surface area contributed by atoms with Crippen molar-refractivity contribution in [1.82, 2.24) is 10.1 Å². The summed E-state index contributed by atoms with van der Waals surface area (Å²) in [5, 5.41) is 4.10. The van der Waals surface area contributed by atoms with Crippen LogP contribution >= 0.6 is 0 Å². The number of fused-ring (bicyclic) bond motifs is 1. The highest BCUT2D eigenvalue weighted by atomic mass is 16.5. The van der Waals surface area contributed by atoms with E-state index >= 15 is 0 Å². The number of rotatable bonds is 4. The molecule has 3 rings (SSSR count). The fourth-order valence-corrected chi connectivity index (χ4v) is 2.67. The van der Waals surface area contributed by atoms with Gasteiger partial charge in [0.25, 0.3) is 0 Å². The van der Waals surface area contributed by atoms with Gasteiger partial charge >= 0.3 is 0 Å². The van der Waals surface area contributed by atoms with Crippen molar-refractivity contribution in [3.63, 3.8) is 0 Å². The molecule has 0 spiro atoms. The summed E-state index contributed by atoms with van der Waals surface area (Å²) in [5.41, 5.74) is 7.27. The molecule has 1 aliphatic rings. The highest BCUT2D eigenvalue weighted by Crippen LogP contribution is 2.31. The molecule has 0 saturated carbocycles. The SMILES string of the molecule is CC(C)C[C@H](N)c1nc(C2COc3ccccc3C2)no1. The summed E-state index contributed by atoms with van der Waals surface area (Å²) in [6.45, 7) is 4.83. The molecule has 1 aliphatic heterocycles. The van der Waals surface area contributed by atoms with Gasteiger partial charge in [0, 0.05) is 0 Å². The lowest BCUT2D eigenvalue weighted by atomic mass is 9.96. The van der Waals surface area contributed by atoms with Gasteiger partial charge in [-0.1, -0.05) is 37.2 Å². The van der Waals surface area contributed by atoms with E-state index in [4.69, 9.17) is 15.0 Å². The van der Waals surface area contributed by atoms with Crippen molar-refractivity contribution in [2.24, 2.45) is 11.7 Å². The van der Waals surface area contributed by atoms with Gasteiger partial charge in [-0.15, -0.1) is 0 Å². The molecule has 2 N–H and O–H groups in total. The number of para-hydroxylation sites is 1. The molecular formula is C16H21N3O2. The van der Waals surface area contributed by atoms with Crippen molar-refractivity contribution in [3.05, 3.63) is 41.5 Å². The lowest BCUT2D eigenvalue weighted by Gasteiger charge is -2.22. The van der Waals surface area contributed by atoms with Crippen LogP contribution in [-0.4, -0.2) is 16.7 Å². The Kier molecular flexibility index (Phi) is 3.92. The van der Waals surface area contributed by atoms with Crippen LogP contribution in [0.15, 0.2) is 28.8 Å². The second-order valence-electron chi connectivity index (χ2n) is 6.05. The Morgan fingerprint density at radius 2 is 2.14 bits per heavy atom. The van der Waals surface area contributed by atoms with E-state index in [0.29, 0.717) is 24.2 Å². The molecule has 112 valence electrons. The van der Waals surface area contributed by atoms with Crippen molar-refractivity contribution >= 4 is 0 Å². The van der Waals surface area contributed by atoms with Gasteiger partial charge in [0.2, 0.25) is 5.89 Å². The Labute approximate surface area is 124 Å². The molecule has 5 heteroatoms. The predicted octanol–water partition coefficient (Wildman–Crippen LogP) is 2.83. The maximum absolute atomic E-state index is 6.09. The molecule has 2 aromatic rings. The van der Waals surface area contributed by atoms with Crippen molar-refractivity contribution in [2.45, 2.75) is 38.6 Å². The van der Waals surface area contributed by atoms with Gasteiger partial charge < -0.3 is 15.0 Å². The molecule has 21 heavy (non-hydrogen) atoms. The third-order valence-corrected chi connectivity index (χ3v) is 3.74. The van der Waals surface area contributed by atoms with Gasteiger partial charge in [-0.3, -0.25) is 0 Å². The van der Waals surface area contributed by atoms with E-state index in [2.05, 4.69) is 30.1 Å². The van der Waals surface area contributed by atoms with Crippen LogP contribution in [0.1, 0.15) is 49.5 Å². The molecule has 1 aromatic heterocycles. The number of hydrogen-bond donors (Lipinski definition) is 1. The van der Waals surface area contributed by atoms with Crippen LogP contribution < -0.4 is 10.5 Å². The first-order valence-corrected chi connectivity index (χ1v) is 7.43. The molecule has 0 aliphatic carbocycles. The Morgan fingerprint density at radius 3 is 2.95 bits per heavy atom. The van der Waals surface area contributed by atoms with Gasteiger partial charge in [0.15, 0.2) is 5.82 Å². The van der Waals surface area contributed by atoms with Crippen LogP contribution in [0.3, 0.4) is 0 Å². The Morgan fingerprint density at radius 1 is 1.33 bits per heavy atom. The normalized spacial score (nSPS) is 19.1. The number of ether oxygens (including phenoxy) is 1. The lowest BCUT2D eigenvalue weighted by molar-refractivity contribution is 0.253. The number of nitrogens with zero attached hydrogens (tertiary/aromatic N) is 2. The number of benzene rings is 1. The summed E-state index contributed by atoms with van der Waals surface area (Å²) in [6.07, 6.45) is 1.71. The van der Waals surface area contributed by atoms with Crippen LogP contribution in [0.4, 0.5) is 0 Å². The Hall–Kier alpha value is -1.88. The molecule has 0 saturated heterocycles. The monoisotopic (exact) mass is 287 g/mol. The lowest BCUT2D eigenvalue weighted by Crippen LogP contribution is -2.20. The van der Waals surface area contributed by atoms with Crippen LogP contribution in [0, 0.1) is 5.92 Å². The standard InChI is InChI=1S/C16H21N3O2/c1-10(2)7-13(17)16-18-15(19-21-16)12-8-11-5-3-4-6-14(11)20-9-12/h3-6,10,12-13H,7-9,17H2,1-2H3/t12?,13-/m0/s1. The van der Waals surface area contributed by atoms with E-state index < -0.39 is 0 Å². The fourth-order valence-electron chi connectivity index (χ4n) is 2.67. The van der Waals surface area contributed by atoms with E-state index in [9.17, 15) is 0 Å². The summed E-state index contributed by atoms with van der Waals surface area (Å²) in [4.78, 5) is 4.48. The average molecular weight is 287 g/mol. The van der Waals surface area contributed by atoms with Crippen LogP contribution in [0.5, 0.6) is 5.75 Å². The minimum atomic E-state index is -0.192. The topological polar surface area (TPSA) is 74.2 Å². The van der Waals surface area contributed by atoms with E-state index in [1.807, 2.05) is 18.2 Å². The molecular weight excluding hydrogens is 266 g/mol. The average Bonchev–Trinajstić information content (AvgIpc) is 2.96. The zero-order chi connectivity index (χ0) is 14.8. The minimum absolute atomic E-state index is 0.128. The predicted molar refractivity (Wildman–Crippen MR) is 79.1 cm³/mol. The molecule has 0 fully saturated rings. The number of nitrogens with two attached hydrogens (primary N) is 1. The largest absolute Gasteiger partial charge is 0.493 e. The van der Waals surface area contributed by atoms with E-state index in [0.717, 1.165) is 18.6 Å². The summed E-state index contributed by atoms with van der Waals surface area (Å²) >= 11 is 0. The Balaban J connectivity index is 1.73. The molecule has 0 amide bonds. The van der Waals surface area contributed by atoms with Crippen molar-refractivity contribution in [1.29, 1.82) is 0 Å². The summed E-state index contributed by atoms with van der Waals surface area (Å²) in [7, 11) is 0. The fraction of sp³-hybridized carbons (Fsp3) is 0.500. The van der Waals surface area contributed by atoms with E-state index in [-0.39, 0.29) is 12.0 Å². The second kappa shape index (κ2) is 5.85. The van der Waals surface area contributed by atoms with Crippen molar-refractivity contribution in [3.8, 4) is 5.75 Å². The zero-order valence-electron chi connectivity index (χ0n) is 12.5. The molecule has 1 aromatic carbocycles. The van der Waals surface area contributed by atoms with Gasteiger partial charge in [-0.05, 0) is 30.4 Å². The van der Waals surface area contributed by atoms with Crippen molar-refractivity contribution in [2.75, 3.05) is 6.61 Å². The van der Waals surface area contributed by atoms with Gasteiger partial charge in [-0.2, -0.15) is 4.98 Å². The van der Waals surface area contributed by atoms with Gasteiger partial charge in [-0.25, -0.2) is 0 Å². The van der Waals surface area contributed by atoms with Gasteiger partial charge in [0.05, 0.1) is 18.6 Å². The highest BCUT2D eigenvalue weighted by molar-refractivity contribution is 5.36. The summed E-state index contributed by atoms with van der Waals surface area (Å²) in [5.74, 6) is 2.80. The highest BCUT2D eigenvalue weighted by Gasteiger charge is 2.26. The van der Waals surface area contributed by atoms with Crippen LogP contribution in [0.25, 0.3) is 0 Å². The smallest absolute Gasteiger partial charge is 0.243 e. The molecule has 0 bridgehead atoms. The third-order valence-electron chi connectivity index (χ3n) is 3.74. The maximum atomic E-state index is 6.09. The first-order valence-electron chi connectivity index (χ1n) is 7.43. The second-order valence-corrected chi connectivity index (χ2v) is 6.05. The quantitative estimate of drug-likeness (QED) is 0.936. The first-order chi connectivity index (χ1) is 10.1. The Bertz CT molecular complexity index is 609. The van der Waals surface area contributed by atoms with Gasteiger partial charge in [0.1, 0.15) is 5.75 Å². The molecule has 2 atom stereocenters. The molecule has 1 unspecified atom stereocenters. The summed E-state index contributed by atoms with van der Waals surface area (Å²) in [6, 6.07) is 7.88. The number of aromatic nitrogens is 2. The minimum Gasteiger partial charge on any atom is -0.493 e. The van der Waals surface area contributed by atoms with Crippen molar-refractivity contribution < 1.29 is 9.26 Å². The zero-order valence-corrected chi connectivity index (χ0v) is 12.5. The number of hydrogen-bond acceptors (Lipinski definition) is 5. The first kappa shape index (κ1) is 14.1. The molecule has 0 radical (unpaired) electrons. The molecule has 5 nitrogen and oxygen atoms in total. The third kappa shape index (κ3) is 3.08. The van der Waals surface area contributed by atoms with E-state index in [1.165, 1.54) is 5.56 Å². The molecule has 2 heterocycles. The maximum Gasteiger partial charge on any atom is 0.243 e. The van der Waals surface area contributed by atoms with Crippen LogP contribution in [-0.2, 0) is 6.42 Å².